The van der Waals surface area contributed by atoms with Gasteiger partial charge in [0.2, 0.25) is 0 Å². The van der Waals surface area contributed by atoms with E-state index in [1.54, 1.807) is 0 Å². The van der Waals surface area contributed by atoms with Crippen LogP contribution in [0.15, 0.2) is 36.4 Å². The molecule has 0 saturated carbocycles. The van der Waals surface area contributed by atoms with Crippen LogP contribution in [0.3, 0.4) is 0 Å². The number of hydrogen-bond acceptors (Lipinski definition) is 2. The minimum atomic E-state index is 0.631. The molecule has 1 aromatic rings. The van der Waals surface area contributed by atoms with E-state index in [0.29, 0.717) is 5.92 Å². The molecule has 0 atom stereocenters. The quantitative estimate of drug-likeness (QED) is 0.676. The molecule has 0 aliphatic carbocycles. The molecule has 0 aromatic heterocycles. The van der Waals surface area contributed by atoms with Crippen LogP contribution in [-0.4, -0.2) is 26.3 Å². The fourth-order valence-corrected chi connectivity index (χ4v) is 1.56. The van der Waals surface area contributed by atoms with Gasteiger partial charge in [-0.3, -0.25) is 0 Å². The highest BCUT2D eigenvalue weighted by atomic mass is 16.5. The van der Waals surface area contributed by atoms with Gasteiger partial charge in [0, 0.05) is 19.8 Å². The summed E-state index contributed by atoms with van der Waals surface area (Å²) in [5.41, 5.74) is 1.25. The summed E-state index contributed by atoms with van der Waals surface area (Å²) in [6, 6.07) is 10.4. The average Bonchev–Trinajstić information content (AvgIpc) is 2.37. The van der Waals surface area contributed by atoms with Crippen LogP contribution in [0.2, 0.25) is 0 Å². The van der Waals surface area contributed by atoms with Crippen LogP contribution in [-0.2, 0) is 4.74 Å². The van der Waals surface area contributed by atoms with E-state index in [2.05, 4.69) is 55.6 Å². The lowest BCUT2D eigenvalue weighted by Crippen LogP contribution is -2.17. The van der Waals surface area contributed by atoms with E-state index in [4.69, 9.17) is 4.74 Å². The van der Waals surface area contributed by atoms with Crippen LogP contribution in [0.25, 0.3) is 6.08 Å². The largest absolute Gasteiger partial charge is 0.381 e. The van der Waals surface area contributed by atoms with Gasteiger partial charge in [-0.25, -0.2) is 0 Å². The van der Waals surface area contributed by atoms with Gasteiger partial charge in [0.15, 0.2) is 0 Å². The Bertz CT molecular complexity index is 319. The van der Waals surface area contributed by atoms with E-state index >= 15 is 0 Å². The summed E-state index contributed by atoms with van der Waals surface area (Å²) in [7, 11) is 0. The average molecular weight is 247 g/mol. The first-order valence-electron chi connectivity index (χ1n) is 6.79. The Morgan fingerprint density at radius 3 is 2.72 bits per heavy atom. The predicted molar refractivity (Wildman–Crippen MR) is 78.6 cm³/mol. The second-order valence-electron chi connectivity index (χ2n) is 4.84. The topological polar surface area (TPSA) is 21.3 Å². The first-order chi connectivity index (χ1) is 8.79. The van der Waals surface area contributed by atoms with E-state index in [1.807, 2.05) is 6.07 Å². The highest BCUT2D eigenvalue weighted by molar-refractivity contribution is 5.48. The normalized spacial score (nSPS) is 11.5. The lowest BCUT2D eigenvalue weighted by Gasteiger charge is -2.06. The monoisotopic (exact) mass is 247 g/mol. The number of ether oxygens (including phenoxy) is 1. The van der Waals surface area contributed by atoms with E-state index in [9.17, 15) is 0 Å². The van der Waals surface area contributed by atoms with E-state index < -0.39 is 0 Å². The Labute approximate surface area is 111 Å². The van der Waals surface area contributed by atoms with E-state index in [-0.39, 0.29) is 0 Å². The molecule has 2 heteroatoms. The minimum absolute atomic E-state index is 0.631. The SMILES string of the molecule is CC(C)COCCCNC/C=C/c1ccccc1. The van der Waals surface area contributed by atoms with Crippen LogP contribution in [0.4, 0.5) is 0 Å². The molecule has 0 spiro atoms. The number of benzene rings is 1. The van der Waals surface area contributed by atoms with Gasteiger partial charge < -0.3 is 10.1 Å². The van der Waals surface area contributed by atoms with Gasteiger partial charge in [0.1, 0.15) is 0 Å². The molecule has 0 bridgehead atoms. The molecule has 1 N–H and O–H groups in total. The first kappa shape index (κ1) is 14.9. The van der Waals surface area contributed by atoms with Crippen LogP contribution in [0, 0.1) is 5.92 Å². The second-order valence-corrected chi connectivity index (χ2v) is 4.84. The second kappa shape index (κ2) is 9.86. The van der Waals surface area contributed by atoms with Crippen LogP contribution in [0.1, 0.15) is 25.8 Å². The molecule has 0 aliphatic rings. The summed E-state index contributed by atoms with van der Waals surface area (Å²) >= 11 is 0. The fourth-order valence-electron chi connectivity index (χ4n) is 1.56. The van der Waals surface area contributed by atoms with Crippen molar-refractivity contribution in [3.05, 3.63) is 42.0 Å². The zero-order chi connectivity index (χ0) is 13.1. The molecule has 1 aromatic carbocycles. The molecule has 1 rings (SSSR count). The zero-order valence-electron chi connectivity index (χ0n) is 11.6. The molecule has 0 fully saturated rings. The zero-order valence-corrected chi connectivity index (χ0v) is 11.6. The van der Waals surface area contributed by atoms with Crippen molar-refractivity contribution in [3.8, 4) is 0 Å². The van der Waals surface area contributed by atoms with Crippen molar-refractivity contribution in [2.24, 2.45) is 5.92 Å². The molecule has 2 nitrogen and oxygen atoms in total. The standard InChI is InChI=1S/C16H25NO/c1-15(2)14-18-13-7-12-17-11-6-10-16-8-4-3-5-9-16/h3-6,8-10,15,17H,7,11-14H2,1-2H3/b10-6+. The van der Waals surface area contributed by atoms with Crippen molar-refractivity contribution in [1.82, 2.24) is 5.32 Å². The summed E-state index contributed by atoms with van der Waals surface area (Å²) in [6.45, 7) is 8.00. The van der Waals surface area contributed by atoms with Gasteiger partial charge in [-0.1, -0.05) is 56.3 Å². The summed E-state index contributed by atoms with van der Waals surface area (Å²) in [5, 5.41) is 3.38. The predicted octanol–water partition coefficient (Wildman–Crippen LogP) is 3.35. The summed E-state index contributed by atoms with van der Waals surface area (Å²) in [5.74, 6) is 0.631. The highest BCUT2D eigenvalue weighted by Crippen LogP contribution is 1.99. The molecular weight excluding hydrogens is 222 g/mol. The van der Waals surface area contributed by atoms with E-state index in [1.165, 1.54) is 5.56 Å². The maximum atomic E-state index is 5.51. The van der Waals surface area contributed by atoms with Gasteiger partial charge in [-0.05, 0) is 24.4 Å². The molecular formula is C16H25NO. The van der Waals surface area contributed by atoms with Crippen molar-refractivity contribution in [2.75, 3.05) is 26.3 Å². The lowest BCUT2D eigenvalue weighted by atomic mass is 10.2. The minimum Gasteiger partial charge on any atom is -0.381 e. The maximum absolute atomic E-state index is 5.51. The van der Waals surface area contributed by atoms with Crippen molar-refractivity contribution >= 4 is 6.08 Å². The Hall–Kier alpha value is -1.12. The highest BCUT2D eigenvalue weighted by Gasteiger charge is 1.93. The number of hydrogen-bond donors (Lipinski definition) is 1. The first-order valence-corrected chi connectivity index (χ1v) is 6.79. The van der Waals surface area contributed by atoms with Crippen molar-refractivity contribution in [1.29, 1.82) is 0 Å². The fraction of sp³-hybridized carbons (Fsp3) is 0.500. The van der Waals surface area contributed by atoms with Crippen molar-refractivity contribution in [2.45, 2.75) is 20.3 Å². The summed E-state index contributed by atoms with van der Waals surface area (Å²) < 4.78 is 5.51. The molecule has 100 valence electrons. The third-order valence-corrected chi connectivity index (χ3v) is 2.47. The Morgan fingerprint density at radius 2 is 2.00 bits per heavy atom. The Morgan fingerprint density at radius 1 is 1.22 bits per heavy atom. The van der Waals surface area contributed by atoms with Gasteiger partial charge in [0.05, 0.1) is 0 Å². The number of rotatable bonds is 9. The van der Waals surface area contributed by atoms with Crippen LogP contribution < -0.4 is 5.32 Å². The molecule has 0 aliphatic heterocycles. The van der Waals surface area contributed by atoms with Gasteiger partial charge in [-0.2, -0.15) is 0 Å². The smallest absolute Gasteiger partial charge is 0.0489 e. The van der Waals surface area contributed by atoms with Gasteiger partial charge in [0.25, 0.3) is 0 Å². The molecule has 0 radical (unpaired) electrons. The van der Waals surface area contributed by atoms with Crippen LogP contribution in [0.5, 0.6) is 0 Å². The summed E-state index contributed by atoms with van der Waals surface area (Å²) in [6.07, 6.45) is 5.37. The van der Waals surface area contributed by atoms with Crippen molar-refractivity contribution in [3.63, 3.8) is 0 Å². The van der Waals surface area contributed by atoms with Gasteiger partial charge in [-0.15, -0.1) is 0 Å². The van der Waals surface area contributed by atoms with Crippen molar-refractivity contribution < 1.29 is 4.74 Å². The summed E-state index contributed by atoms with van der Waals surface area (Å²) in [4.78, 5) is 0. The van der Waals surface area contributed by atoms with E-state index in [0.717, 1.165) is 32.7 Å². The number of nitrogens with one attached hydrogen (secondary N) is 1. The third kappa shape index (κ3) is 8.04. The molecule has 0 saturated heterocycles. The Balaban J connectivity index is 1.94. The molecule has 0 unspecified atom stereocenters. The lowest BCUT2D eigenvalue weighted by molar-refractivity contribution is 0.108. The molecule has 0 amide bonds. The molecule has 18 heavy (non-hydrogen) atoms. The maximum Gasteiger partial charge on any atom is 0.0489 e. The molecule has 0 heterocycles. The van der Waals surface area contributed by atoms with Gasteiger partial charge >= 0.3 is 0 Å². The third-order valence-electron chi connectivity index (χ3n) is 2.47. The Kier molecular flexibility index (Phi) is 8.19. The van der Waals surface area contributed by atoms with Crippen LogP contribution >= 0.6 is 0 Å².